The van der Waals surface area contributed by atoms with Crippen LogP contribution in [0.3, 0.4) is 0 Å². The van der Waals surface area contributed by atoms with Gasteiger partial charge < -0.3 is 14.5 Å². The average Bonchev–Trinajstić information content (AvgIpc) is 3.16. The van der Waals surface area contributed by atoms with Crippen molar-refractivity contribution in [3.8, 4) is 10.6 Å². The number of hydrogen-bond donors (Lipinski definition) is 0. The molecule has 0 aliphatic carbocycles. The molecule has 0 bridgehead atoms. The number of benzene rings is 1. The normalized spacial score (nSPS) is 14.8. The van der Waals surface area contributed by atoms with Crippen molar-refractivity contribution in [3.05, 3.63) is 40.9 Å². The molecule has 2 amide bonds. The van der Waals surface area contributed by atoms with Gasteiger partial charge in [-0.05, 0) is 19.1 Å². The van der Waals surface area contributed by atoms with E-state index in [1.54, 1.807) is 22.1 Å². The van der Waals surface area contributed by atoms with Gasteiger partial charge in [-0.2, -0.15) is 13.2 Å². The maximum atomic E-state index is 12.7. The lowest BCUT2D eigenvalue weighted by Gasteiger charge is -2.34. The number of ether oxygens (including phenoxy) is 1. The van der Waals surface area contributed by atoms with Crippen LogP contribution in [0.15, 0.2) is 29.6 Å². The summed E-state index contributed by atoms with van der Waals surface area (Å²) < 4.78 is 43.0. The smallest absolute Gasteiger partial charge is 0.416 e. The van der Waals surface area contributed by atoms with Gasteiger partial charge in [-0.1, -0.05) is 12.1 Å². The molecule has 156 valence electrons. The molecule has 6 nitrogen and oxygen atoms in total. The molecule has 1 aliphatic rings. The number of aromatic nitrogens is 1. The summed E-state index contributed by atoms with van der Waals surface area (Å²) in [6.07, 6.45) is -4.65. The molecular weight excluding hydrogens is 407 g/mol. The van der Waals surface area contributed by atoms with Gasteiger partial charge in [0.2, 0.25) is 5.91 Å². The number of halogens is 3. The van der Waals surface area contributed by atoms with E-state index in [2.05, 4.69) is 4.98 Å². The quantitative estimate of drug-likeness (QED) is 0.747. The zero-order valence-corrected chi connectivity index (χ0v) is 16.6. The first kappa shape index (κ1) is 21.1. The van der Waals surface area contributed by atoms with E-state index < -0.39 is 11.7 Å². The molecule has 2 aromatic rings. The van der Waals surface area contributed by atoms with Crippen LogP contribution in [-0.4, -0.2) is 59.6 Å². The molecule has 10 heteroatoms. The number of carbonyl (C=O) groups is 2. The summed E-state index contributed by atoms with van der Waals surface area (Å²) in [6, 6.07) is 4.79. The molecule has 0 N–H and O–H groups in total. The van der Waals surface area contributed by atoms with E-state index in [9.17, 15) is 22.8 Å². The van der Waals surface area contributed by atoms with Crippen molar-refractivity contribution in [1.82, 2.24) is 14.8 Å². The molecule has 1 fully saturated rings. The highest BCUT2D eigenvalue weighted by Crippen LogP contribution is 2.31. The number of rotatable bonds is 4. The topological polar surface area (TPSA) is 62.7 Å². The molecule has 0 radical (unpaired) electrons. The average molecular weight is 427 g/mol. The van der Waals surface area contributed by atoms with E-state index in [0.717, 1.165) is 12.1 Å². The summed E-state index contributed by atoms with van der Waals surface area (Å²) in [5, 5.41) is 2.30. The minimum absolute atomic E-state index is 0.0993. The first-order valence-corrected chi connectivity index (χ1v) is 9.97. The van der Waals surface area contributed by atoms with Crippen LogP contribution >= 0.6 is 11.3 Å². The Bertz CT molecular complexity index is 860. The summed E-state index contributed by atoms with van der Waals surface area (Å²) in [7, 11) is 0. The van der Waals surface area contributed by atoms with E-state index in [-0.39, 0.29) is 18.4 Å². The Balaban J connectivity index is 1.56. The van der Waals surface area contributed by atoms with Crippen molar-refractivity contribution >= 4 is 23.3 Å². The Morgan fingerprint density at radius 3 is 2.31 bits per heavy atom. The summed E-state index contributed by atoms with van der Waals surface area (Å²) in [5.74, 6) is -0.0993. The largest absolute Gasteiger partial charge is 0.450 e. The second-order valence-electron chi connectivity index (χ2n) is 6.46. The number of hydrogen-bond acceptors (Lipinski definition) is 5. The predicted octanol–water partition coefficient (Wildman–Crippen LogP) is 3.67. The fourth-order valence-corrected chi connectivity index (χ4v) is 3.77. The van der Waals surface area contributed by atoms with Crippen LogP contribution in [0.1, 0.15) is 18.2 Å². The van der Waals surface area contributed by atoms with Crippen LogP contribution < -0.4 is 0 Å². The summed E-state index contributed by atoms with van der Waals surface area (Å²) >= 11 is 1.28. The molecule has 1 saturated heterocycles. The van der Waals surface area contributed by atoms with Crippen molar-refractivity contribution in [1.29, 1.82) is 0 Å². The maximum Gasteiger partial charge on any atom is 0.416 e. The van der Waals surface area contributed by atoms with Crippen molar-refractivity contribution in [2.24, 2.45) is 0 Å². The van der Waals surface area contributed by atoms with Crippen LogP contribution in [0.2, 0.25) is 0 Å². The highest BCUT2D eigenvalue weighted by atomic mass is 32.1. The molecule has 0 spiro atoms. The van der Waals surface area contributed by atoms with Gasteiger partial charge in [0.05, 0.1) is 24.3 Å². The van der Waals surface area contributed by atoms with Gasteiger partial charge in [0, 0.05) is 37.1 Å². The lowest BCUT2D eigenvalue weighted by Crippen LogP contribution is -2.51. The van der Waals surface area contributed by atoms with E-state index in [1.807, 2.05) is 0 Å². The molecule has 0 saturated carbocycles. The highest BCUT2D eigenvalue weighted by Gasteiger charge is 2.30. The Kier molecular flexibility index (Phi) is 6.41. The second-order valence-corrected chi connectivity index (χ2v) is 7.32. The van der Waals surface area contributed by atoms with Gasteiger partial charge in [-0.15, -0.1) is 11.3 Å². The van der Waals surface area contributed by atoms with Crippen LogP contribution in [0, 0.1) is 0 Å². The molecule has 1 aromatic carbocycles. The summed E-state index contributed by atoms with van der Waals surface area (Å²) in [5.41, 5.74) is 0.433. The van der Waals surface area contributed by atoms with Gasteiger partial charge in [-0.25, -0.2) is 9.78 Å². The maximum absolute atomic E-state index is 12.7. The Morgan fingerprint density at radius 2 is 1.72 bits per heavy atom. The lowest BCUT2D eigenvalue weighted by atomic mass is 10.1. The minimum Gasteiger partial charge on any atom is -0.450 e. The monoisotopic (exact) mass is 427 g/mol. The minimum atomic E-state index is -4.38. The van der Waals surface area contributed by atoms with Crippen molar-refractivity contribution < 1.29 is 27.5 Å². The van der Waals surface area contributed by atoms with Gasteiger partial charge in [0.15, 0.2) is 0 Å². The standard InChI is InChI=1S/C19H20F3N3O3S/c1-2-28-18(27)25-9-7-24(8-10-25)16(26)11-15-12-29-17(23-15)13-3-5-14(6-4-13)19(20,21)22/h3-6,12H,2,7-11H2,1H3. The van der Waals surface area contributed by atoms with E-state index >= 15 is 0 Å². The Labute approximate surface area is 169 Å². The molecule has 29 heavy (non-hydrogen) atoms. The van der Waals surface area contributed by atoms with E-state index in [0.29, 0.717) is 49.1 Å². The highest BCUT2D eigenvalue weighted by molar-refractivity contribution is 7.13. The molecular formula is C19H20F3N3O3S. The Morgan fingerprint density at radius 1 is 1.10 bits per heavy atom. The first-order valence-electron chi connectivity index (χ1n) is 9.09. The first-order chi connectivity index (χ1) is 13.8. The Hall–Kier alpha value is -2.62. The third kappa shape index (κ3) is 5.26. The van der Waals surface area contributed by atoms with E-state index in [1.165, 1.54) is 23.5 Å². The fraction of sp³-hybridized carbons (Fsp3) is 0.421. The number of amides is 2. The SMILES string of the molecule is CCOC(=O)N1CCN(C(=O)Cc2csc(-c3ccc(C(F)(F)F)cc3)n2)CC1. The van der Waals surface area contributed by atoms with Gasteiger partial charge in [0.1, 0.15) is 5.01 Å². The van der Waals surface area contributed by atoms with Gasteiger partial charge in [0.25, 0.3) is 0 Å². The predicted molar refractivity (Wildman–Crippen MR) is 101 cm³/mol. The van der Waals surface area contributed by atoms with Crippen LogP contribution in [0.25, 0.3) is 10.6 Å². The molecule has 2 heterocycles. The third-order valence-corrected chi connectivity index (χ3v) is 5.44. The van der Waals surface area contributed by atoms with Crippen LogP contribution in [0.4, 0.5) is 18.0 Å². The van der Waals surface area contributed by atoms with Gasteiger partial charge in [-0.3, -0.25) is 4.79 Å². The van der Waals surface area contributed by atoms with Crippen molar-refractivity contribution in [2.45, 2.75) is 19.5 Å². The number of piperazine rings is 1. The molecule has 1 aromatic heterocycles. The molecule has 1 aliphatic heterocycles. The molecule has 3 rings (SSSR count). The fourth-order valence-electron chi connectivity index (χ4n) is 2.94. The van der Waals surface area contributed by atoms with Crippen molar-refractivity contribution in [3.63, 3.8) is 0 Å². The van der Waals surface area contributed by atoms with Crippen molar-refractivity contribution in [2.75, 3.05) is 32.8 Å². The molecule has 0 atom stereocenters. The summed E-state index contributed by atoms with van der Waals surface area (Å²) in [4.78, 5) is 31.8. The number of alkyl halides is 3. The number of carbonyl (C=O) groups excluding carboxylic acids is 2. The van der Waals surface area contributed by atoms with Crippen LogP contribution in [-0.2, 0) is 22.1 Å². The zero-order chi connectivity index (χ0) is 21.0. The number of nitrogens with zero attached hydrogens (tertiary/aromatic N) is 3. The second kappa shape index (κ2) is 8.81. The van der Waals surface area contributed by atoms with Crippen LogP contribution in [0.5, 0.6) is 0 Å². The van der Waals surface area contributed by atoms with E-state index in [4.69, 9.17) is 4.74 Å². The zero-order valence-electron chi connectivity index (χ0n) is 15.7. The molecule has 0 unspecified atom stereocenters. The lowest BCUT2D eigenvalue weighted by molar-refractivity contribution is -0.137. The number of thiazole rings is 1. The van der Waals surface area contributed by atoms with Gasteiger partial charge >= 0.3 is 12.3 Å². The summed E-state index contributed by atoms with van der Waals surface area (Å²) in [6.45, 7) is 3.73. The third-order valence-electron chi connectivity index (χ3n) is 4.50.